The maximum atomic E-state index is 12.1. The molecule has 0 aromatic carbocycles. The molecule has 1 aromatic heterocycles. The second-order valence-corrected chi connectivity index (χ2v) is 6.87. The van der Waals surface area contributed by atoms with E-state index >= 15 is 0 Å². The van der Waals surface area contributed by atoms with Gasteiger partial charge in [-0.05, 0) is 19.8 Å². The minimum absolute atomic E-state index is 0.0749. The average Bonchev–Trinajstić information content (AvgIpc) is 2.71. The highest BCUT2D eigenvalue weighted by Gasteiger charge is 2.40. The Labute approximate surface area is 128 Å². The summed E-state index contributed by atoms with van der Waals surface area (Å²) >= 11 is 1.54. The first-order chi connectivity index (χ1) is 10.0. The Morgan fingerprint density at radius 1 is 1.33 bits per heavy atom. The van der Waals surface area contributed by atoms with Crippen molar-refractivity contribution in [2.24, 2.45) is 5.41 Å². The molecule has 0 bridgehead atoms. The molecule has 6 heteroatoms. The Balaban J connectivity index is 1.93. The van der Waals surface area contributed by atoms with Crippen LogP contribution in [0.15, 0.2) is 5.38 Å². The predicted molar refractivity (Wildman–Crippen MR) is 81.1 cm³/mol. The standard InChI is InChI=1S/C15H22N2O3S/c1-11-17-12(10-21-11)9-16-13(18)8-15(14(19)20)6-4-2-3-5-7-15/h10H,2-9H2,1H3,(H,16,18)(H,19,20). The Bertz CT molecular complexity index is 505. The van der Waals surface area contributed by atoms with Crippen molar-refractivity contribution in [1.82, 2.24) is 10.3 Å². The van der Waals surface area contributed by atoms with Gasteiger partial charge in [0.2, 0.25) is 5.91 Å². The lowest BCUT2D eigenvalue weighted by atomic mass is 9.77. The molecule has 1 aliphatic rings. The van der Waals surface area contributed by atoms with E-state index < -0.39 is 11.4 Å². The highest BCUT2D eigenvalue weighted by atomic mass is 32.1. The van der Waals surface area contributed by atoms with Crippen molar-refractivity contribution in [2.75, 3.05) is 0 Å². The normalized spacial score (nSPS) is 18.0. The number of aryl methyl sites for hydroxylation is 1. The molecule has 0 radical (unpaired) electrons. The van der Waals surface area contributed by atoms with Crippen LogP contribution in [0.5, 0.6) is 0 Å². The Morgan fingerprint density at radius 3 is 2.52 bits per heavy atom. The summed E-state index contributed by atoms with van der Waals surface area (Å²) in [4.78, 5) is 28.1. The number of hydrogen-bond donors (Lipinski definition) is 2. The molecule has 1 aromatic rings. The van der Waals surface area contributed by atoms with Crippen LogP contribution in [-0.2, 0) is 16.1 Å². The van der Waals surface area contributed by atoms with Crippen LogP contribution < -0.4 is 5.32 Å². The topological polar surface area (TPSA) is 79.3 Å². The summed E-state index contributed by atoms with van der Waals surface area (Å²) in [5.41, 5.74) is -0.0467. The van der Waals surface area contributed by atoms with Crippen molar-refractivity contribution >= 4 is 23.2 Å². The molecule has 0 spiro atoms. The number of rotatable bonds is 5. The first-order valence-corrected chi connectivity index (χ1v) is 8.31. The largest absolute Gasteiger partial charge is 0.481 e. The molecular formula is C15H22N2O3S. The van der Waals surface area contributed by atoms with Gasteiger partial charge in [0.15, 0.2) is 0 Å². The monoisotopic (exact) mass is 310 g/mol. The Hall–Kier alpha value is -1.43. The van der Waals surface area contributed by atoms with Gasteiger partial charge in [-0.25, -0.2) is 4.98 Å². The van der Waals surface area contributed by atoms with Crippen LogP contribution in [0.25, 0.3) is 0 Å². The molecule has 1 saturated carbocycles. The van der Waals surface area contributed by atoms with Gasteiger partial charge >= 0.3 is 5.97 Å². The van der Waals surface area contributed by atoms with Crippen molar-refractivity contribution in [3.63, 3.8) is 0 Å². The number of carboxylic acid groups (broad SMARTS) is 1. The number of hydrogen-bond acceptors (Lipinski definition) is 4. The van der Waals surface area contributed by atoms with Crippen LogP contribution >= 0.6 is 11.3 Å². The van der Waals surface area contributed by atoms with Gasteiger partial charge in [0, 0.05) is 11.8 Å². The molecule has 1 fully saturated rings. The van der Waals surface area contributed by atoms with Crippen molar-refractivity contribution in [3.8, 4) is 0 Å². The zero-order chi connectivity index (χ0) is 15.3. The maximum absolute atomic E-state index is 12.1. The molecule has 1 aliphatic carbocycles. The van der Waals surface area contributed by atoms with Crippen LogP contribution in [0.4, 0.5) is 0 Å². The van der Waals surface area contributed by atoms with E-state index in [-0.39, 0.29) is 12.3 Å². The number of thiazole rings is 1. The van der Waals surface area contributed by atoms with E-state index in [4.69, 9.17) is 0 Å². The number of carbonyl (C=O) groups is 2. The molecule has 0 saturated heterocycles. The summed E-state index contributed by atoms with van der Waals surface area (Å²) in [5, 5.41) is 15.2. The number of aromatic nitrogens is 1. The minimum Gasteiger partial charge on any atom is -0.481 e. The number of aliphatic carboxylic acids is 1. The predicted octanol–water partition coefficient (Wildman–Crippen LogP) is 2.88. The first-order valence-electron chi connectivity index (χ1n) is 7.43. The lowest BCUT2D eigenvalue weighted by molar-refractivity contribution is -0.152. The third kappa shape index (κ3) is 4.27. The summed E-state index contributed by atoms with van der Waals surface area (Å²) < 4.78 is 0. The lowest BCUT2D eigenvalue weighted by Crippen LogP contribution is -2.37. The van der Waals surface area contributed by atoms with Gasteiger partial charge in [0.05, 0.1) is 22.7 Å². The van der Waals surface area contributed by atoms with Crippen molar-refractivity contribution in [3.05, 3.63) is 16.1 Å². The molecule has 21 heavy (non-hydrogen) atoms. The van der Waals surface area contributed by atoms with Crippen LogP contribution in [0.2, 0.25) is 0 Å². The molecule has 2 rings (SSSR count). The average molecular weight is 310 g/mol. The molecule has 116 valence electrons. The van der Waals surface area contributed by atoms with E-state index in [0.717, 1.165) is 36.4 Å². The molecule has 0 unspecified atom stereocenters. The van der Waals surface area contributed by atoms with Gasteiger partial charge in [0.25, 0.3) is 0 Å². The van der Waals surface area contributed by atoms with E-state index in [1.165, 1.54) is 0 Å². The third-order valence-electron chi connectivity index (χ3n) is 4.15. The molecule has 2 N–H and O–H groups in total. The molecule has 0 atom stereocenters. The molecule has 1 amide bonds. The number of carbonyl (C=O) groups excluding carboxylic acids is 1. The fourth-order valence-electron chi connectivity index (χ4n) is 2.92. The minimum atomic E-state index is -0.876. The summed E-state index contributed by atoms with van der Waals surface area (Å²) in [6.07, 6.45) is 5.20. The maximum Gasteiger partial charge on any atom is 0.310 e. The Morgan fingerprint density at radius 2 is 2.00 bits per heavy atom. The van der Waals surface area contributed by atoms with Gasteiger partial charge in [-0.2, -0.15) is 0 Å². The van der Waals surface area contributed by atoms with Gasteiger partial charge in [-0.15, -0.1) is 11.3 Å². The van der Waals surface area contributed by atoms with E-state index in [1.54, 1.807) is 11.3 Å². The summed E-state index contributed by atoms with van der Waals surface area (Å²) in [5.74, 6) is -1.02. The SMILES string of the molecule is Cc1nc(CNC(=O)CC2(C(=O)O)CCCCCC2)cs1. The van der Waals surface area contributed by atoms with Crippen molar-refractivity contribution < 1.29 is 14.7 Å². The van der Waals surface area contributed by atoms with Gasteiger partial charge in [-0.1, -0.05) is 25.7 Å². The van der Waals surface area contributed by atoms with Crippen molar-refractivity contribution in [1.29, 1.82) is 0 Å². The first kappa shape index (κ1) is 15.9. The van der Waals surface area contributed by atoms with E-state index in [9.17, 15) is 14.7 Å². The third-order valence-corrected chi connectivity index (χ3v) is 4.97. The second kappa shape index (κ2) is 7.02. The lowest BCUT2D eigenvalue weighted by Gasteiger charge is -2.27. The van der Waals surface area contributed by atoms with E-state index in [0.29, 0.717) is 19.4 Å². The Kier molecular flexibility index (Phi) is 5.33. The van der Waals surface area contributed by atoms with Crippen LogP contribution in [-0.4, -0.2) is 22.0 Å². The highest BCUT2D eigenvalue weighted by Crippen LogP contribution is 2.38. The van der Waals surface area contributed by atoms with Gasteiger partial charge in [-0.3, -0.25) is 9.59 Å². The number of carboxylic acids is 1. The summed E-state index contributed by atoms with van der Waals surface area (Å²) in [6, 6.07) is 0. The highest BCUT2D eigenvalue weighted by molar-refractivity contribution is 7.09. The summed E-state index contributed by atoms with van der Waals surface area (Å²) in [6.45, 7) is 2.29. The molecule has 5 nitrogen and oxygen atoms in total. The molecular weight excluding hydrogens is 288 g/mol. The van der Waals surface area contributed by atoms with Crippen LogP contribution in [0.1, 0.15) is 55.6 Å². The molecule has 0 aliphatic heterocycles. The second-order valence-electron chi connectivity index (χ2n) is 5.81. The van der Waals surface area contributed by atoms with E-state index in [1.807, 2.05) is 12.3 Å². The van der Waals surface area contributed by atoms with Crippen LogP contribution in [0, 0.1) is 12.3 Å². The van der Waals surface area contributed by atoms with Gasteiger partial charge in [0.1, 0.15) is 0 Å². The number of amides is 1. The molecule has 1 heterocycles. The fraction of sp³-hybridized carbons (Fsp3) is 0.667. The summed E-state index contributed by atoms with van der Waals surface area (Å²) in [7, 11) is 0. The smallest absolute Gasteiger partial charge is 0.310 e. The number of nitrogens with one attached hydrogen (secondary N) is 1. The van der Waals surface area contributed by atoms with Crippen molar-refractivity contribution in [2.45, 2.75) is 58.4 Å². The number of nitrogens with zero attached hydrogens (tertiary/aromatic N) is 1. The van der Waals surface area contributed by atoms with Crippen LogP contribution in [0.3, 0.4) is 0 Å². The fourth-order valence-corrected chi connectivity index (χ4v) is 3.53. The van der Waals surface area contributed by atoms with Gasteiger partial charge < -0.3 is 10.4 Å². The van der Waals surface area contributed by atoms with E-state index in [2.05, 4.69) is 10.3 Å². The zero-order valence-corrected chi connectivity index (χ0v) is 13.2. The zero-order valence-electron chi connectivity index (χ0n) is 12.4. The quantitative estimate of drug-likeness (QED) is 0.820.